The van der Waals surface area contributed by atoms with E-state index < -0.39 is 10.0 Å². The number of hydrogen-bond acceptors (Lipinski definition) is 6. The lowest BCUT2D eigenvalue weighted by Gasteiger charge is -2.04. The molecular weight excluding hydrogens is 338 g/mol. The minimum Gasteiger partial charge on any atom is -0.253 e. The molecular formula is C11H12ClN3O2S3. The molecule has 20 heavy (non-hydrogen) atoms. The van der Waals surface area contributed by atoms with Crippen molar-refractivity contribution in [2.45, 2.75) is 28.3 Å². The molecule has 1 aromatic carbocycles. The highest BCUT2D eigenvalue weighted by molar-refractivity contribution is 8.01. The van der Waals surface area contributed by atoms with Gasteiger partial charge in [0.15, 0.2) is 4.34 Å². The minimum absolute atomic E-state index is 0.134. The van der Waals surface area contributed by atoms with Crippen LogP contribution in [0.2, 0.25) is 5.02 Å². The lowest BCUT2D eigenvalue weighted by atomic mass is 10.4. The molecule has 0 amide bonds. The summed E-state index contributed by atoms with van der Waals surface area (Å²) >= 11 is 8.48. The molecule has 9 heteroatoms. The molecule has 108 valence electrons. The molecule has 0 saturated carbocycles. The maximum absolute atomic E-state index is 12.1. The molecule has 0 aliphatic rings. The standard InChI is InChI=1S/C11H12ClN3O2S3/c1-7(2)18-11-14-13-10(19-11)15-20(16,17)9-5-3-8(12)4-6-9/h3-7H,1-2H3,(H,13,15). The number of nitrogens with zero attached hydrogens (tertiary/aromatic N) is 2. The summed E-state index contributed by atoms with van der Waals surface area (Å²) in [5.41, 5.74) is 0. The first-order valence-electron chi connectivity index (χ1n) is 5.65. The van der Waals surface area contributed by atoms with Gasteiger partial charge in [0.25, 0.3) is 10.0 Å². The minimum atomic E-state index is -3.66. The van der Waals surface area contributed by atoms with Gasteiger partial charge in [-0.25, -0.2) is 8.42 Å². The number of thioether (sulfide) groups is 1. The molecule has 1 N–H and O–H groups in total. The average Bonchev–Trinajstić information content (AvgIpc) is 2.75. The van der Waals surface area contributed by atoms with E-state index in [-0.39, 0.29) is 10.0 Å². The summed E-state index contributed by atoms with van der Waals surface area (Å²) in [6, 6.07) is 5.93. The molecule has 1 heterocycles. The lowest BCUT2D eigenvalue weighted by Crippen LogP contribution is -2.12. The van der Waals surface area contributed by atoms with Crippen molar-refractivity contribution in [3.63, 3.8) is 0 Å². The fourth-order valence-electron chi connectivity index (χ4n) is 1.29. The number of aromatic nitrogens is 2. The van der Waals surface area contributed by atoms with E-state index in [4.69, 9.17) is 11.6 Å². The van der Waals surface area contributed by atoms with Gasteiger partial charge in [-0.15, -0.1) is 10.2 Å². The highest BCUT2D eigenvalue weighted by Crippen LogP contribution is 2.29. The van der Waals surface area contributed by atoms with Gasteiger partial charge in [-0.2, -0.15) is 0 Å². The molecule has 0 unspecified atom stereocenters. The summed E-state index contributed by atoms with van der Waals surface area (Å²) in [6.45, 7) is 4.06. The van der Waals surface area contributed by atoms with Gasteiger partial charge in [-0.05, 0) is 24.3 Å². The van der Waals surface area contributed by atoms with Gasteiger partial charge in [0.2, 0.25) is 5.13 Å². The van der Waals surface area contributed by atoms with E-state index in [1.54, 1.807) is 0 Å². The molecule has 0 aliphatic carbocycles. The molecule has 5 nitrogen and oxygen atoms in total. The largest absolute Gasteiger partial charge is 0.263 e. The Labute approximate surface area is 130 Å². The zero-order chi connectivity index (χ0) is 14.8. The zero-order valence-electron chi connectivity index (χ0n) is 10.7. The van der Waals surface area contributed by atoms with Crippen molar-refractivity contribution >= 4 is 49.9 Å². The number of anilines is 1. The topological polar surface area (TPSA) is 72.0 Å². The summed E-state index contributed by atoms with van der Waals surface area (Å²) in [5.74, 6) is 0. The second kappa shape index (κ2) is 6.30. The molecule has 0 atom stereocenters. The van der Waals surface area contributed by atoms with Crippen LogP contribution in [0.25, 0.3) is 0 Å². The van der Waals surface area contributed by atoms with Crippen LogP contribution in [0.3, 0.4) is 0 Å². The molecule has 0 radical (unpaired) electrons. The molecule has 0 bridgehead atoms. The second-order valence-electron chi connectivity index (χ2n) is 4.10. The van der Waals surface area contributed by atoms with Gasteiger partial charge in [0, 0.05) is 10.3 Å². The maximum Gasteiger partial charge on any atom is 0.263 e. The molecule has 0 fully saturated rings. The normalized spacial score (nSPS) is 11.8. The van der Waals surface area contributed by atoms with Gasteiger partial charge in [0.1, 0.15) is 0 Å². The first-order chi connectivity index (χ1) is 9.37. The molecule has 1 aromatic heterocycles. The third-order valence-corrected chi connectivity index (χ3v) is 5.75. The summed E-state index contributed by atoms with van der Waals surface area (Å²) in [5, 5.41) is 8.86. The van der Waals surface area contributed by atoms with Crippen molar-refractivity contribution in [2.24, 2.45) is 0 Å². The van der Waals surface area contributed by atoms with E-state index in [2.05, 4.69) is 14.9 Å². The molecule has 2 aromatic rings. The Bertz CT molecular complexity index is 683. The van der Waals surface area contributed by atoms with Gasteiger partial charge < -0.3 is 0 Å². The Morgan fingerprint density at radius 3 is 2.50 bits per heavy atom. The lowest BCUT2D eigenvalue weighted by molar-refractivity contribution is 0.601. The summed E-state index contributed by atoms with van der Waals surface area (Å²) < 4.78 is 27.4. The number of sulfonamides is 1. The summed E-state index contributed by atoms with van der Waals surface area (Å²) in [7, 11) is -3.66. The third-order valence-electron chi connectivity index (χ3n) is 2.09. The van der Waals surface area contributed by atoms with E-state index in [1.165, 1.54) is 47.4 Å². The van der Waals surface area contributed by atoms with Crippen molar-refractivity contribution in [1.82, 2.24) is 10.2 Å². The van der Waals surface area contributed by atoms with Crippen LogP contribution in [0.1, 0.15) is 13.8 Å². The van der Waals surface area contributed by atoms with Crippen molar-refractivity contribution in [2.75, 3.05) is 4.72 Å². The van der Waals surface area contributed by atoms with Crippen LogP contribution in [0, 0.1) is 0 Å². The van der Waals surface area contributed by atoms with Crippen molar-refractivity contribution < 1.29 is 8.42 Å². The second-order valence-corrected chi connectivity index (χ2v) is 9.02. The Morgan fingerprint density at radius 1 is 1.25 bits per heavy atom. The highest BCUT2D eigenvalue weighted by atomic mass is 35.5. The Morgan fingerprint density at radius 2 is 1.90 bits per heavy atom. The molecule has 0 spiro atoms. The smallest absolute Gasteiger partial charge is 0.253 e. The quantitative estimate of drug-likeness (QED) is 0.836. The van der Waals surface area contributed by atoms with Crippen LogP contribution < -0.4 is 4.72 Å². The number of rotatable bonds is 5. The molecule has 2 rings (SSSR count). The van der Waals surface area contributed by atoms with Gasteiger partial charge in [0.05, 0.1) is 4.90 Å². The van der Waals surface area contributed by atoms with Gasteiger partial charge in [-0.1, -0.05) is 48.5 Å². The number of benzene rings is 1. The van der Waals surface area contributed by atoms with E-state index in [0.717, 1.165) is 4.34 Å². The molecule has 0 saturated heterocycles. The van der Waals surface area contributed by atoms with Crippen LogP contribution in [0.15, 0.2) is 33.5 Å². The van der Waals surface area contributed by atoms with Gasteiger partial charge >= 0.3 is 0 Å². The van der Waals surface area contributed by atoms with Crippen molar-refractivity contribution in [1.29, 1.82) is 0 Å². The predicted molar refractivity (Wildman–Crippen MR) is 83.2 cm³/mol. The third kappa shape index (κ3) is 4.08. The zero-order valence-corrected chi connectivity index (χ0v) is 13.9. The molecule has 0 aliphatic heterocycles. The van der Waals surface area contributed by atoms with Crippen molar-refractivity contribution in [3.8, 4) is 0 Å². The van der Waals surface area contributed by atoms with Gasteiger partial charge in [-0.3, -0.25) is 4.72 Å². The van der Waals surface area contributed by atoms with Crippen LogP contribution >= 0.6 is 34.7 Å². The fourth-order valence-corrected chi connectivity index (χ4v) is 4.62. The summed E-state index contributed by atoms with van der Waals surface area (Å²) in [6.07, 6.45) is 0. The number of nitrogens with one attached hydrogen (secondary N) is 1. The van der Waals surface area contributed by atoms with Crippen LogP contribution in [-0.2, 0) is 10.0 Å². The average molecular weight is 350 g/mol. The van der Waals surface area contributed by atoms with E-state index in [1.807, 2.05) is 13.8 Å². The predicted octanol–water partition coefficient (Wildman–Crippen LogP) is 3.49. The SMILES string of the molecule is CC(C)Sc1nnc(NS(=O)(=O)c2ccc(Cl)cc2)s1. The van der Waals surface area contributed by atoms with E-state index in [9.17, 15) is 8.42 Å². The monoisotopic (exact) mass is 349 g/mol. The van der Waals surface area contributed by atoms with Crippen LogP contribution in [-0.4, -0.2) is 23.9 Å². The van der Waals surface area contributed by atoms with Crippen LogP contribution in [0.4, 0.5) is 5.13 Å². The first kappa shape index (κ1) is 15.6. The summed E-state index contributed by atoms with van der Waals surface area (Å²) in [4.78, 5) is 0.134. The van der Waals surface area contributed by atoms with E-state index in [0.29, 0.717) is 10.3 Å². The van der Waals surface area contributed by atoms with E-state index >= 15 is 0 Å². The fraction of sp³-hybridized carbons (Fsp3) is 0.273. The van der Waals surface area contributed by atoms with Crippen molar-refractivity contribution in [3.05, 3.63) is 29.3 Å². The Balaban J connectivity index is 2.16. The Kier molecular flexibility index (Phi) is 4.90. The number of halogens is 1. The van der Waals surface area contributed by atoms with Crippen LogP contribution in [0.5, 0.6) is 0 Å². The number of hydrogen-bond donors (Lipinski definition) is 1. The maximum atomic E-state index is 12.1. The first-order valence-corrected chi connectivity index (χ1v) is 9.21. The highest BCUT2D eigenvalue weighted by Gasteiger charge is 2.17. The Hall–Kier alpha value is -0.830.